The summed E-state index contributed by atoms with van der Waals surface area (Å²) in [5.74, 6) is -0.623. The van der Waals surface area contributed by atoms with Gasteiger partial charge in [-0.3, -0.25) is 4.79 Å². The Labute approximate surface area is 207 Å². The third kappa shape index (κ3) is 6.21. The van der Waals surface area contributed by atoms with Crippen molar-refractivity contribution in [3.05, 3.63) is 60.2 Å². The van der Waals surface area contributed by atoms with E-state index in [1.165, 1.54) is 32.9 Å². The number of anilines is 1. The summed E-state index contributed by atoms with van der Waals surface area (Å²) >= 11 is 0. The first kappa shape index (κ1) is 25.6. The minimum Gasteiger partial charge on any atom is -0.369 e. The number of hydrogen-bond acceptors (Lipinski definition) is 6. The molecule has 0 radical (unpaired) electrons. The van der Waals surface area contributed by atoms with E-state index in [-0.39, 0.29) is 22.8 Å². The molecule has 2 fully saturated rings. The second-order valence-electron chi connectivity index (χ2n) is 8.78. The summed E-state index contributed by atoms with van der Waals surface area (Å²) in [7, 11) is -7.06. The first-order chi connectivity index (χ1) is 16.8. The predicted molar refractivity (Wildman–Crippen MR) is 135 cm³/mol. The van der Waals surface area contributed by atoms with Crippen LogP contribution in [0.3, 0.4) is 0 Å². The third-order valence-corrected chi connectivity index (χ3v) is 10.3. The van der Waals surface area contributed by atoms with E-state index in [9.17, 15) is 21.6 Å². The Bertz CT molecular complexity index is 1200. The van der Waals surface area contributed by atoms with Gasteiger partial charge in [-0.2, -0.15) is 8.61 Å². The van der Waals surface area contributed by atoms with Gasteiger partial charge >= 0.3 is 0 Å². The maximum atomic E-state index is 12.8. The Balaban J connectivity index is 1.26. The van der Waals surface area contributed by atoms with Crippen LogP contribution in [-0.2, 0) is 20.0 Å². The number of para-hydroxylation sites is 1. The number of sulfonamides is 2. The van der Waals surface area contributed by atoms with Crippen LogP contribution in [0.2, 0.25) is 0 Å². The number of piperidine rings is 1. The highest BCUT2D eigenvalue weighted by atomic mass is 32.2. The van der Waals surface area contributed by atoms with Gasteiger partial charge in [0.2, 0.25) is 20.0 Å². The number of carbonyl (C=O) groups is 1. The molecule has 0 atom stereocenters. The summed E-state index contributed by atoms with van der Waals surface area (Å²) in [4.78, 5) is 14.8. The van der Waals surface area contributed by atoms with Gasteiger partial charge in [0, 0.05) is 57.1 Å². The molecule has 0 saturated carbocycles. The lowest BCUT2D eigenvalue weighted by atomic mass is 10.2. The highest BCUT2D eigenvalue weighted by Crippen LogP contribution is 2.21. The molecule has 190 valence electrons. The lowest BCUT2D eigenvalue weighted by Crippen LogP contribution is -2.50. The number of carbonyl (C=O) groups excluding carboxylic acids is 1. The van der Waals surface area contributed by atoms with Crippen LogP contribution < -0.4 is 10.2 Å². The number of piperazine rings is 1. The maximum absolute atomic E-state index is 12.8. The van der Waals surface area contributed by atoms with Crippen LogP contribution in [0.5, 0.6) is 0 Å². The summed E-state index contributed by atoms with van der Waals surface area (Å²) in [6.07, 6.45) is 2.74. The summed E-state index contributed by atoms with van der Waals surface area (Å²) in [6, 6.07) is 15.7. The summed E-state index contributed by atoms with van der Waals surface area (Å²) in [6.45, 7) is 3.04. The fourth-order valence-electron chi connectivity index (χ4n) is 4.42. The Kier molecular flexibility index (Phi) is 8.10. The minimum atomic E-state index is -3.56. The molecule has 9 nitrogen and oxygen atoms in total. The smallest absolute Gasteiger partial charge is 0.251 e. The van der Waals surface area contributed by atoms with E-state index in [0.717, 1.165) is 24.9 Å². The van der Waals surface area contributed by atoms with E-state index in [4.69, 9.17) is 0 Å². The van der Waals surface area contributed by atoms with E-state index < -0.39 is 26.0 Å². The van der Waals surface area contributed by atoms with Crippen molar-refractivity contribution >= 4 is 31.6 Å². The zero-order chi connectivity index (χ0) is 24.9. The molecule has 2 aromatic carbocycles. The molecular formula is C24H32N4O5S2. The number of nitrogens with zero attached hydrogens (tertiary/aromatic N) is 3. The van der Waals surface area contributed by atoms with Crippen molar-refractivity contribution < 1.29 is 21.6 Å². The molecule has 2 aliphatic heterocycles. The van der Waals surface area contributed by atoms with E-state index in [1.54, 1.807) is 0 Å². The predicted octanol–water partition coefficient (Wildman–Crippen LogP) is 1.74. The van der Waals surface area contributed by atoms with Gasteiger partial charge in [-0.1, -0.05) is 24.6 Å². The molecule has 2 heterocycles. The van der Waals surface area contributed by atoms with E-state index in [0.29, 0.717) is 39.3 Å². The van der Waals surface area contributed by atoms with Gasteiger partial charge in [-0.05, 0) is 49.2 Å². The fraction of sp³-hybridized carbons (Fsp3) is 0.458. The molecule has 2 aromatic rings. The monoisotopic (exact) mass is 520 g/mol. The first-order valence-corrected chi connectivity index (χ1v) is 15.0. The van der Waals surface area contributed by atoms with Gasteiger partial charge in [0.15, 0.2) is 0 Å². The maximum Gasteiger partial charge on any atom is 0.251 e. The molecule has 4 rings (SSSR count). The van der Waals surface area contributed by atoms with Gasteiger partial charge in [-0.15, -0.1) is 0 Å². The highest BCUT2D eigenvalue weighted by molar-refractivity contribution is 7.89. The molecule has 1 amide bonds. The molecule has 0 spiro atoms. The molecule has 0 aliphatic carbocycles. The molecule has 0 aromatic heterocycles. The average Bonchev–Trinajstić information content (AvgIpc) is 2.89. The largest absolute Gasteiger partial charge is 0.369 e. The number of amides is 1. The minimum absolute atomic E-state index is 0.0199. The van der Waals surface area contributed by atoms with Crippen molar-refractivity contribution in [3.63, 3.8) is 0 Å². The third-order valence-electron chi connectivity index (χ3n) is 6.47. The van der Waals surface area contributed by atoms with Crippen LogP contribution in [0.25, 0.3) is 0 Å². The van der Waals surface area contributed by atoms with Crippen molar-refractivity contribution in [3.8, 4) is 0 Å². The summed E-state index contributed by atoms with van der Waals surface area (Å²) < 4.78 is 53.9. The van der Waals surface area contributed by atoms with Crippen LogP contribution in [0, 0.1) is 0 Å². The normalized spacial score (nSPS) is 18.3. The van der Waals surface area contributed by atoms with Crippen LogP contribution in [0.15, 0.2) is 59.5 Å². The Morgan fingerprint density at radius 3 is 2.00 bits per heavy atom. The number of benzene rings is 2. The first-order valence-electron chi connectivity index (χ1n) is 11.9. The number of rotatable bonds is 8. The van der Waals surface area contributed by atoms with Crippen LogP contribution in [0.1, 0.15) is 29.6 Å². The highest BCUT2D eigenvalue weighted by Gasteiger charge is 2.28. The van der Waals surface area contributed by atoms with Crippen LogP contribution in [-0.4, -0.2) is 82.9 Å². The average molecular weight is 521 g/mol. The lowest BCUT2D eigenvalue weighted by molar-refractivity contribution is 0.0956. The summed E-state index contributed by atoms with van der Waals surface area (Å²) in [5, 5.41) is 2.64. The van der Waals surface area contributed by atoms with E-state index in [2.05, 4.69) is 10.2 Å². The number of nitrogens with one attached hydrogen (secondary N) is 1. The van der Waals surface area contributed by atoms with Gasteiger partial charge in [0.1, 0.15) is 0 Å². The van der Waals surface area contributed by atoms with Crippen LogP contribution >= 0.6 is 0 Å². The van der Waals surface area contributed by atoms with Gasteiger partial charge in [0.05, 0.1) is 10.6 Å². The molecule has 0 bridgehead atoms. The standard InChI is InChI=1S/C24H32N4O5S2/c29-24(21-9-11-23(12-10-21)35(32,33)28-14-5-2-6-15-28)25-13-20-34(30,31)27-18-16-26(17-19-27)22-7-3-1-4-8-22/h1,3-4,7-12H,2,5-6,13-20H2,(H,25,29). The fourth-order valence-corrected chi connectivity index (χ4v) is 7.28. The van der Waals surface area contributed by atoms with Crippen molar-refractivity contribution in [2.75, 3.05) is 56.5 Å². The second-order valence-corrected chi connectivity index (χ2v) is 12.8. The van der Waals surface area contributed by atoms with Crippen LogP contribution in [0.4, 0.5) is 5.69 Å². The zero-order valence-electron chi connectivity index (χ0n) is 19.7. The topological polar surface area (TPSA) is 107 Å². The molecule has 1 N–H and O–H groups in total. The lowest BCUT2D eigenvalue weighted by Gasteiger charge is -2.35. The van der Waals surface area contributed by atoms with E-state index >= 15 is 0 Å². The molecule has 0 unspecified atom stereocenters. The molecular weight excluding hydrogens is 488 g/mol. The van der Waals surface area contributed by atoms with Gasteiger partial charge < -0.3 is 10.2 Å². The van der Waals surface area contributed by atoms with Crippen molar-refractivity contribution in [1.82, 2.24) is 13.9 Å². The SMILES string of the molecule is O=C(NCCS(=O)(=O)N1CCN(c2ccccc2)CC1)c1ccc(S(=O)(=O)N2CCCCC2)cc1. The van der Waals surface area contributed by atoms with Gasteiger partial charge in [-0.25, -0.2) is 16.8 Å². The Morgan fingerprint density at radius 1 is 0.743 bits per heavy atom. The quantitative estimate of drug-likeness (QED) is 0.568. The molecule has 35 heavy (non-hydrogen) atoms. The number of hydrogen-bond donors (Lipinski definition) is 1. The Hall–Kier alpha value is -2.47. The van der Waals surface area contributed by atoms with Gasteiger partial charge in [0.25, 0.3) is 5.91 Å². The summed E-state index contributed by atoms with van der Waals surface area (Å²) in [5.41, 5.74) is 1.36. The zero-order valence-corrected chi connectivity index (χ0v) is 21.3. The molecule has 11 heteroatoms. The molecule has 2 saturated heterocycles. The van der Waals surface area contributed by atoms with Crippen molar-refractivity contribution in [1.29, 1.82) is 0 Å². The van der Waals surface area contributed by atoms with Crippen molar-refractivity contribution in [2.24, 2.45) is 0 Å². The Morgan fingerprint density at radius 2 is 1.37 bits per heavy atom. The van der Waals surface area contributed by atoms with E-state index in [1.807, 2.05) is 30.3 Å². The molecule has 2 aliphatic rings. The second kappa shape index (κ2) is 11.1. The van der Waals surface area contributed by atoms with Crippen molar-refractivity contribution in [2.45, 2.75) is 24.2 Å².